The first-order chi connectivity index (χ1) is 12.8. The highest BCUT2D eigenvalue weighted by molar-refractivity contribution is 7.09. The second kappa shape index (κ2) is 7.83. The van der Waals surface area contributed by atoms with Gasteiger partial charge >= 0.3 is 5.97 Å². The van der Waals surface area contributed by atoms with Crippen molar-refractivity contribution in [1.82, 2.24) is 10.3 Å². The van der Waals surface area contributed by atoms with E-state index in [2.05, 4.69) is 10.3 Å². The van der Waals surface area contributed by atoms with Crippen LogP contribution >= 0.6 is 11.3 Å². The number of aryl methyl sites for hydroxylation is 1. The van der Waals surface area contributed by atoms with E-state index in [9.17, 15) is 18.8 Å². The number of aromatic carboxylic acids is 1. The molecule has 1 unspecified atom stereocenters. The zero-order valence-corrected chi connectivity index (χ0v) is 15.4. The van der Waals surface area contributed by atoms with Crippen LogP contribution in [0.25, 0.3) is 0 Å². The fourth-order valence-corrected chi connectivity index (χ4v) is 3.66. The molecule has 2 N–H and O–H groups in total. The lowest BCUT2D eigenvalue weighted by molar-refractivity contribution is -0.126. The highest BCUT2D eigenvalue weighted by Crippen LogP contribution is 2.26. The van der Waals surface area contributed by atoms with Gasteiger partial charge in [0.2, 0.25) is 11.8 Å². The third kappa shape index (κ3) is 4.30. The summed E-state index contributed by atoms with van der Waals surface area (Å²) in [6.07, 6.45) is 0.522. The quantitative estimate of drug-likeness (QED) is 0.785. The van der Waals surface area contributed by atoms with Crippen molar-refractivity contribution in [2.24, 2.45) is 5.92 Å². The number of carbonyl (C=O) groups excluding carboxylic acids is 2. The monoisotopic (exact) mass is 391 g/mol. The Labute approximate surface area is 158 Å². The van der Waals surface area contributed by atoms with Gasteiger partial charge in [0, 0.05) is 37.0 Å². The average Bonchev–Trinajstić information content (AvgIpc) is 3.24. The second-order valence-corrected chi connectivity index (χ2v) is 7.25. The number of thiazole rings is 1. The van der Waals surface area contributed by atoms with E-state index in [-0.39, 0.29) is 36.3 Å². The number of halogens is 1. The minimum absolute atomic E-state index is 0.00653. The van der Waals surface area contributed by atoms with Gasteiger partial charge in [0.15, 0.2) is 5.69 Å². The van der Waals surface area contributed by atoms with Gasteiger partial charge < -0.3 is 15.3 Å². The maximum absolute atomic E-state index is 13.4. The smallest absolute Gasteiger partial charge is 0.355 e. The molecule has 27 heavy (non-hydrogen) atoms. The number of anilines is 1. The van der Waals surface area contributed by atoms with E-state index < -0.39 is 11.9 Å². The van der Waals surface area contributed by atoms with Gasteiger partial charge in [-0.25, -0.2) is 14.2 Å². The Balaban J connectivity index is 1.54. The number of hydrogen-bond acceptors (Lipinski definition) is 5. The third-order valence-electron chi connectivity index (χ3n) is 4.36. The predicted octanol–water partition coefficient (Wildman–Crippen LogP) is 2.00. The molecule has 1 atom stereocenters. The van der Waals surface area contributed by atoms with Crippen LogP contribution in [-0.2, 0) is 16.0 Å². The van der Waals surface area contributed by atoms with E-state index >= 15 is 0 Å². The standard InChI is InChI=1S/C18H18FN3O4S/c1-10-6-12(2-3-13(10)19)22-8-11(7-16(22)23)17(24)20-5-4-15-21-14(9-27-15)18(25)26/h2-3,6,9,11H,4-5,7-8H2,1H3,(H,20,24)(H,25,26). The van der Waals surface area contributed by atoms with Gasteiger partial charge in [-0.2, -0.15) is 0 Å². The van der Waals surface area contributed by atoms with Crippen LogP contribution in [0.1, 0.15) is 27.5 Å². The molecule has 7 nitrogen and oxygen atoms in total. The number of aromatic nitrogens is 1. The third-order valence-corrected chi connectivity index (χ3v) is 5.27. The first kappa shape index (κ1) is 19.0. The number of amides is 2. The molecule has 2 heterocycles. The van der Waals surface area contributed by atoms with Crippen molar-refractivity contribution < 1.29 is 23.9 Å². The zero-order valence-electron chi connectivity index (χ0n) is 14.6. The molecule has 1 aliphatic heterocycles. The van der Waals surface area contributed by atoms with Gasteiger partial charge in [0.05, 0.1) is 10.9 Å². The fourth-order valence-electron chi connectivity index (χ4n) is 2.89. The molecule has 3 rings (SSSR count). The largest absolute Gasteiger partial charge is 0.476 e. The van der Waals surface area contributed by atoms with E-state index in [0.29, 0.717) is 29.2 Å². The summed E-state index contributed by atoms with van der Waals surface area (Å²) >= 11 is 1.23. The predicted molar refractivity (Wildman–Crippen MR) is 97.4 cm³/mol. The molecule has 0 radical (unpaired) electrons. The SMILES string of the molecule is Cc1cc(N2CC(C(=O)NCCc3nc(C(=O)O)cs3)CC2=O)ccc1F. The summed E-state index contributed by atoms with van der Waals surface area (Å²) in [6, 6.07) is 4.43. The zero-order chi connectivity index (χ0) is 19.6. The number of carbonyl (C=O) groups is 3. The molecule has 1 aromatic carbocycles. The normalized spacial score (nSPS) is 16.6. The Kier molecular flexibility index (Phi) is 5.50. The molecule has 2 amide bonds. The van der Waals surface area contributed by atoms with Crippen LogP contribution in [0.5, 0.6) is 0 Å². The molecule has 0 spiro atoms. The Morgan fingerprint density at radius 3 is 2.89 bits per heavy atom. The topological polar surface area (TPSA) is 99.6 Å². The molecule has 0 bridgehead atoms. The van der Waals surface area contributed by atoms with E-state index in [0.717, 1.165) is 0 Å². The van der Waals surface area contributed by atoms with Gasteiger partial charge in [0.1, 0.15) is 5.82 Å². The number of nitrogens with zero attached hydrogens (tertiary/aromatic N) is 2. The number of nitrogens with one attached hydrogen (secondary N) is 1. The Hall–Kier alpha value is -2.81. The molecule has 1 aromatic heterocycles. The molecule has 0 aliphatic carbocycles. The van der Waals surface area contributed by atoms with Crippen LogP contribution in [0.15, 0.2) is 23.6 Å². The van der Waals surface area contributed by atoms with E-state index in [1.807, 2.05) is 0 Å². The van der Waals surface area contributed by atoms with Gasteiger partial charge in [-0.15, -0.1) is 11.3 Å². The molecule has 142 valence electrons. The fraction of sp³-hybridized carbons (Fsp3) is 0.333. The van der Waals surface area contributed by atoms with Crippen molar-refractivity contribution in [3.63, 3.8) is 0 Å². The number of rotatable bonds is 6. The van der Waals surface area contributed by atoms with Crippen molar-refractivity contribution in [3.8, 4) is 0 Å². The summed E-state index contributed by atoms with van der Waals surface area (Å²) < 4.78 is 13.4. The van der Waals surface area contributed by atoms with E-state index in [1.54, 1.807) is 13.0 Å². The lowest BCUT2D eigenvalue weighted by Gasteiger charge is -2.17. The summed E-state index contributed by atoms with van der Waals surface area (Å²) in [5.74, 6) is -2.31. The van der Waals surface area contributed by atoms with E-state index in [1.165, 1.54) is 33.7 Å². The molecule has 1 aliphatic rings. The summed E-state index contributed by atoms with van der Waals surface area (Å²) in [5, 5.41) is 13.7. The van der Waals surface area contributed by atoms with Crippen LogP contribution in [0, 0.1) is 18.7 Å². The van der Waals surface area contributed by atoms with Crippen LogP contribution in [0.2, 0.25) is 0 Å². The average molecular weight is 391 g/mol. The number of carboxylic acid groups (broad SMARTS) is 1. The lowest BCUT2D eigenvalue weighted by atomic mass is 10.1. The van der Waals surface area contributed by atoms with Gasteiger partial charge in [-0.05, 0) is 30.7 Å². The summed E-state index contributed by atoms with van der Waals surface area (Å²) in [6.45, 7) is 2.18. The molecular formula is C18H18FN3O4S. The molecule has 2 aromatic rings. The maximum atomic E-state index is 13.4. The summed E-state index contributed by atoms with van der Waals surface area (Å²) in [4.78, 5) is 40.8. The molecule has 1 fully saturated rings. The van der Waals surface area contributed by atoms with Crippen molar-refractivity contribution in [1.29, 1.82) is 0 Å². The number of carboxylic acids is 1. The summed E-state index contributed by atoms with van der Waals surface area (Å²) in [5.41, 5.74) is 1.02. The first-order valence-corrected chi connectivity index (χ1v) is 9.25. The minimum atomic E-state index is -1.08. The highest BCUT2D eigenvalue weighted by atomic mass is 32.1. The molecule has 1 saturated heterocycles. The van der Waals surface area contributed by atoms with E-state index in [4.69, 9.17) is 5.11 Å². The Morgan fingerprint density at radius 2 is 2.22 bits per heavy atom. The Morgan fingerprint density at radius 1 is 1.44 bits per heavy atom. The minimum Gasteiger partial charge on any atom is -0.476 e. The van der Waals surface area contributed by atoms with Gasteiger partial charge in [-0.1, -0.05) is 0 Å². The lowest BCUT2D eigenvalue weighted by Crippen LogP contribution is -2.34. The highest BCUT2D eigenvalue weighted by Gasteiger charge is 2.35. The number of hydrogen-bond donors (Lipinski definition) is 2. The van der Waals surface area contributed by atoms with Crippen LogP contribution in [-0.4, -0.2) is 41.0 Å². The first-order valence-electron chi connectivity index (χ1n) is 8.37. The van der Waals surface area contributed by atoms with Crippen LogP contribution in [0.3, 0.4) is 0 Å². The molecule has 9 heteroatoms. The van der Waals surface area contributed by atoms with Crippen molar-refractivity contribution in [2.45, 2.75) is 19.8 Å². The van der Waals surface area contributed by atoms with Crippen molar-refractivity contribution >= 4 is 34.8 Å². The molecular weight excluding hydrogens is 373 g/mol. The Bertz CT molecular complexity index is 898. The van der Waals surface area contributed by atoms with Crippen molar-refractivity contribution in [2.75, 3.05) is 18.0 Å². The van der Waals surface area contributed by atoms with Crippen molar-refractivity contribution in [3.05, 3.63) is 45.7 Å². The summed E-state index contributed by atoms with van der Waals surface area (Å²) in [7, 11) is 0. The maximum Gasteiger partial charge on any atom is 0.355 e. The molecule has 0 saturated carbocycles. The van der Waals surface area contributed by atoms with Gasteiger partial charge in [-0.3, -0.25) is 9.59 Å². The van der Waals surface area contributed by atoms with Gasteiger partial charge in [0.25, 0.3) is 0 Å². The van der Waals surface area contributed by atoms with Crippen LogP contribution in [0.4, 0.5) is 10.1 Å². The number of benzene rings is 1. The van der Waals surface area contributed by atoms with Crippen LogP contribution < -0.4 is 10.2 Å². The second-order valence-electron chi connectivity index (χ2n) is 6.31.